The molecule has 0 saturated carbocycles. The molecule has 0 radical (unpaired) electrons. The number of likely N-dealkylation sites (tertiary alicyclic amines) is 1. The van der Waals surface area contributed by atoms with Gasteiger partial charge in [-0.1, -0.05) is 0 Å². The molecule has 1 aromatic rings. The van der Waals surface area contributed by atoms with Crippen LogP contribution in [0, 0.1) is 5.92 Å². The number of nitrogens with zero attached hydrogens (tertiary/aromatic N) is 3. The summed E-state index contributed by atoms with van der Waals surface area (Å²) in [5.74, 6) is 0.763. The minimum absolute atomic E-state index is 0.763. The first kappa shape index (κ1) is 14.5. The van der Waals surface area contributed by atoms with Crippen molar-refractivity contribution in [3.63, 3.8) is 0 Å². The van der Waals surface area contributed by atoms with Crippen molar-refractivity contribution in [2.45, 2.75) is 19.4 Å². The van der Waals surface area contributed by atoms with E-state index in [2.05, 4.69) is 26.8 Å². The van der Waals surface area contributed by atoms with Gasteiger partial charge >= 0.3 is 0 Å². The molecule has 1 N–H and O–H groups in total. The summed E-state index contributed by atoms with van der Waals surface area (Å²) in [6.45, 7) is 6.27. The van der Waals surface area contributed by atoms with E-state index < -0.39 is 0 Å². The molecule has 0 aliphatic carbocycles. The Kier molecular flexibility index (Phi) is 5.82. The van der Waals surface area contributed by atoms with Crippen molar-refractivity contribution in [3.8, 4) is 0 Å². The van der Waals surface area contributed by atoms with Gasteiger partial charge in [-0.3, -0.25) is 4.90 Å². The van der Waals surface area contributed by atoms with Gasteiger partial charge < -0.3 is 14.6 Å². The second-order valence-corrected chi connectivity index (χ2v) is 5.44. The molecular weight excluding hydrogens is 240 g/mol. The summed E-state index contributed by atoms with van der Waals surface area (Å²) in [6.07, 6.45) is 6.49. The molecule has 1 unspecified atom stereocenters. The number of rotatable bonds is 7. The topological polar surface area (TPSA) is 42.3 Å². The molecule has 2 rings (SSSR count). The van der Waals surface area contributed by atoms with Crippen LogP contribution >= 0.6 is 0 Å². The second-order valence-electron chi connectivity index (χ2n) is 5.44. The van der Waals surface area contributed by atoms with Gasteiger partial charge in [-0.05, 0) is 31.8 Å². The molecule has 0 amide bonds. The van der Waals surface area contributed by atoms with Gasteiger partial charge in [0.25, 0.3) is 0 Å². The molecular formula is C14H26N4O. The lowest BCUT2D eigenvalue weighted by Crippen LogP contribution is -2.40. The number of methoxy groups -OCH3 is 1. The summed E-state index contributed by atoms with van der Waals surface area (Å²) in [5, 5.41) is 3.48. The maximum atomic E-state index is 5.05. The SMILES string of the molecule is COCCNCC1CCCN(Cc2cncn2C)C1. The minimum atomic E-state index is 0.763. The van der Waals surface area contributed by atoms with Crippen LogP contribution in [0.3, 0.4) is 0 Å². The third-order valence-electron chi connectivity index (χ3n) is 3.82. The third-order valence-corrected chi connectivity index (χ3v) is 3.82. The fourth-order valence-corrected chi connectivity index (χ4v) is 2.71. The minimum Gasteiger partial charge on any atom is -0.383 e. The largest absolute Gasteiger partial charge is 0.383 e. The molecule has 5 heteroatoms. The van der Waals surface area contributed by atoms with Gasteiger partial charge in [-0.25, -0.2) is 4.98 Å². The number of nitrogens with one attached hydrogen (secondary N) is 1. The van der Waals surface area contributed by atoms with Gasteiger partial charge in [-0.2, -0.15) is 0 Å². The van der Waals surface area contributed by atoms with Crippen molar-refractivity contribution in [3.05, 3.63) is 18.2 Å². The van der Waals surface area contributed by atoms with Gasteiger partial charge in [0.15, 0.2) is 0 Å². The highest BCUT2D eigenvalue weighted by atomic mass is 16.5. The summed E-state index contributed by atoms with van der Waals surface area (Å²) >= 11 is 0. The predicted molar refractivity (Wildman–Crippen MR) is 76.0 cm³/mol. The van der Waals surface area contributed by atoms with Gasteiger partial charge in [0, 0.05) is 40.0 Å². The molecule has 0 spiro atoms. The van der Waals surface area contributed by atoms with E-state index in [4.69, 9.17) is 4.74 Å². The summed E-state index contributed by atoms with van der Waals surface area (Å²) in [6, 6.07) is 0. The first-order chi connectivity index (χ1) is 9.29. The number of ether oxygens (including phenoxy) is 1. The maximum absolute atomic E-state index is 5.05. The molecule has 0 bridgehead atoms. The van der Waals surface area contributed by atoms with Crippen molar-refractivity contribution < 1.29 is 4.74 Å². The normalized spacial score (nSPS) is 20.8. The predicted octanol–water partition coefficient (Wildman–Crippen LogP) is 0.868. The number of aromatic nitrogens is 2. The van der Waals surface area contributed by atoms with Gasteiger partial charge in [-0.15, -0.1) is 0 Å². The zero-order valence-corrected chi connectivity index (χ0v) is 12.1. The lowest BCUT2D eigenvalue weighted by atomic mass is 9.98. The molecule has 5 nitrogen and oxygen atoms in total. The van der Waals surface area contributed by atoms with Crippen LogP contribution in [-0.4, -0.2) is 54.3 Å². The average Bonchev–Trinajstić information content (AvgIpc) is 2.81. The zero-order chi connectivity index (χ0) is 13.5. The van der Waals surface area contributed by atoms with Crippen LogP contribution in [0.5, 0.6) is 0 Å². The van der Waals surface area contributed by atoms with Crippen LogP contribution in [0.4, 0.5) is 0 Å². The van der Waals surface area contributed by atoms with Gasteiger partial charge in [0.1, 0.15) is 0 Å². The quantitative estimate of drug-likeness (QED) is 0.744. The highest BCUT2D eigenvalue weighted by Crippen LogP contribution is 2.17. The number of hydrogen-bond acceptors (Lipinski definition) is 4. The highest BCUT2D eigenvalue weighted by molar-refractivity contribution is 4.97. The molecule has 1 aromatic heterocycles. The maximum Gasteiger partial charge on any atom is 0.0945 e. The van der Waals surface area contributed by atoms with Crippen molar-refractivity contribution >= 4 is 0 Å². The van der Waals surface area contributed by atoms with E-state index in [9.17, 15) is 0 Å². The number of hydrogen-bond donors (Lipinski definition) is 1. The molecule has 0 aromatic carbocycles. The summed E-state index contributed by atoms with van der Waals surface area (Å²) < 4.78 is 7.16. The Morgan fingerprint density at radius 1 is 1.53 bits per heavy atom. The first-order valence-electron chi connectivity index (χ1n) is 7.17. The number of aryl methyl sites for hydroxylation is 1. The Balaban J connectivity index is 1.72. The van der Waals surface area contributed by atoms with E-state index in [1.54, 1.807) is 7.11 Å². The molecule has 19 heavy (non-hydrogen) atoms. The van der Waals surface area contributed by atoms with Crippen molar-refractivity contribution in [1.82, 2.24) is 19.8 Å². The van der Waals surface area contributed by atoms with Crippen LogP contribution in [0.2, 0.25) is 0 Å². The first-order valence-corrected chi connectivity index (χ1v) is 7.17. The van der Waals surface area contributed by atoms with E-state index in [0.717, 1.165) is 32.2 Å². The Hall–Kier alpha value is -0.910. The molecule has 2 heterocycles. The summed E-state index contributed by atoms with van der Waals surface area (Å²) in [4.78, 5) is 6.73. The Bertz CT molecular complexity index is 366. The van der Waals surface area contributed by atoms with Gasteiger partial charge in [0.2, 0.25) is 0 Å². The smallest absolute Gasteiger partial charge is 0.0945 e. The zero-order valence-electron chi connectivity index (χ0n) is 12.1. The van der Waals surface area contributed by atoms with Crippen LogP contribution in [0.15, 0.2) is 12.5 Å². The lowest BCUT2D eigenvalue weighted by Gasteiger charge is -2.32. The fourth-order valence-electron chi connectivity index (χ4n) is 2.71. The van der Waals surface area contributed by atoms with E-state index in [1.807, 2.05) is 12.5 Å². The van der Waals surface area contributed by atoms with Crippen molar-refractivity contribution in [2.75, 3.05) is 39.9 Å². The fraction of sp³-hybridized carbons (Fsp3) is 0.786. The standard InChI is InChI=1S/C14H26N4O/c1-17-12-16-9-14(17)11-18-6-3-4-13(10-18)8-15-5-7-19-2/h9,12-13,15H,3-8,10-11H2,1-2H3. The van der Waals surface area contributed by atoms with E-state index >= 15 is 0 Å². The second kappa shape index (κ2) is 7.62. The van der Waals surface area contributed by atoms with Crippen molar-refractivity contribution in [1.29, 1.82) is 0 Å². The molecule has 1 atom stereocenters. The molecule has 108 valence electrons. The van der Waals surface area contributed by atoms with Crippen LogP contribution in [0.1, 0.15) is 18.5 Å². The molecule has 1 fully saturated rings. The molecule has 1 saturated heterocycles. The number of imidazole rings is 1. The average molecular weight is 266 g/mol. The Morgan fingerprint density at radius 3 is 3.16 bits per heavy atom. The molecule has 1 aliphatic heterocycles. The Labute approximate surface area is 116 Å². The lowest BCUT2D eigenvalue weighted by molar-refractivity contribution is 0.157. The molecule has 1 aliphatic rings. The van der Waals surface area contributed by atoms with Gasteiger partial charge in [0.05, 0.1) is 18.6 Å². The van der Waals surface area contributed by atoms with Crippen molar-refractivity contribution in [2.24, 2.45) is 13.0 Å². The summed E-state index contributed by atoms with van der Waals surface area (Å²) in [7, 11) is 3.81. The summed E-state index contributed by atoms with van der Waals surface area (Å²) in [5.41, 5.74) is 1.30. The number of piperidine rings is 1. The van der Waals surface area contributed by atoms with E-state index in [-0.39, 0.29) is 0 Å². The third kappa shape index (κ3) is 4.60. The van der Waals surface area contributed by atoms with Crippen LogP contribution in [-0.2, 0) is 18.3 Å². The monoisotopic (exact) mass is 266 g/mol. The van der Waals surface area contributed by atoms with E-state index in [0.29, 0.717) is 0 Å². The Morgan fingerprint density at radius 2 is 2.42 bits per heavy atom. The van der Waals surface area contributed by atoms with Crippen LogP contribution in [0.25, 0.3) is 0 Å². The van der Waals surface area contributed by atoms with Crippen LogP contribution < -0.4 is 5.32 Å². The van der Waals surface area contributed by atoms with E-state index in [1.165, 1.54) is 31.6 Å². The highest BCUT2D eigenvalue weighted by Gasteiger charge is 2.20.